The van der Waals surface area contributed by atoms with E-state index < -0.39 is 21.8 Å². The van der Waals surface area contributed by atoms with E-state index in [2.05, 4.69) is 24.4 Å². The zero-order chi connectivity index (χ0) is 21.9. The van der Waals surface area contributed by atoms with Crippen molar-refractivity contribution in [1.29, 1.82) is 0 Å². The van der Waals surface area contributed by atoms with Gasteiger partial charge in [-0.1, -0.05) is 25.1 Å². The van der Waals surface area contributed by atoms with Crippen LogP contribution in [0.3, 0.4) is 0 Å². The summed E-state index contributed by atoms with van der Waals surface area (Å²) in [4.78, 5) is 13.0. The number of amides is 1. The molecule has 1 aliphatic rings. The van der Waals surface area contributed by atoms with Crippen LogP contribution < -0.4 is 5.32 Å². The molecule has 1 heterocycles. The molecule has 1 aliphatic heterocycles. The van der Waals surface area contributed by atoms with Gasteiger partial charge in [0, 0.05) is 13.1 Å². The number of aryl methyl sites for hydroxylation is 2. The van der Waals surface area contributed by atoms with Crippen molar-refractivity contribution in [3.8, 4) is 0 Å². The zero-order valence-corrected chi connectivity index (χ0v) is 18.5. The minimum Gasteiger partial charge on any atom is -0.349 e. The topological polar surface area (TPSA) is 66.5 Å². The van der Waals surface area contributed by atoms with E-state index in [1.54, 1.807) is 0 Å². The van der Waals surface area contributed by atoms with Gasteiger partial charge in [0.25, 0.3) is 0 Å². The van der Waals surface area contributed by atoms with Gasteiger partial charge in [-0.25, -0.2) is 12.8 Å². The minimum atomic E-state index is -3.76. The second-order valence-electron chi connectivity index (χ2n) is 7.97. The van der Waals surface area contributed by atoms with Crippen LogP contribution in [-0.2, 0) is 14.8 Å². The Bertz CT molecular complexity index is 1010. The summed E-state index contributed by atoms with van der Waals surface area (Å²) in [6.45, 7) is 6.61. The highest BCUT2D eigenvalue weighted by Gasteiger charge is 2.34. The highest BCUT2D eigenvalue weighted by molar-refractivity contribution is 7.89. The maximum Gasteiger partial charge on any atom is 0.243 e. The van der Waals surface area contributed by atoms with E-state index in [-0.39, 0.29) is 23.4 Å². The molecule has 0 radical (unpaired) electrons. The standard InChI is InChI=1S/C23H29FN2O3S/c1-4-22(18-8-7-16(2)17(3)14-18)25-23(27)19-6-5-13-26(15-19)30(28,29)21-11-9-20(24)10-12-21/h7-12,14,19,22H,4-6,13,15H2,1-3H3,(H,25,27). The molecule has 1 N–H and O–H groups in total. The Morgan fingerprint density at radius 2 is 1.87 bits per heavy atom. The molecule has 0 aliphatic carbocycles. The van der Waals surface area contributed by atoms with Crippen LogP contribution >= 0.6 is 0 Å². The van der Waals surface area contributed by atoms with Crippen LogP contribution in [0.1, 0.15) is 48.9 Å². The molecule has 0 saturated carbocycles. The number of nitrogens with one attached hydrogen (secondary N) is 1. The molecule has 3 rings (SSSR count). The Labute approximate surface area is 178 Å². The molecule has 7 heteroatoms. The third kappa shape index (κ3) is 4.90. The number of carbonyl (C=O) groups is 1. The average Bonchev–Trinajstić information content (AvgIpc) is 2.74. The van der Waals surface area contributed by atoms with Crippen molar-refractivity contribution in [1.82, 2.24) is 9.62 Å². The van der Waals surface area contributed by atoms with Crippen molar-refractivity contribution in [2.24, 2.45) is 5.92 Å². The maximum atomic E-state index is 13.2. The van der Waals surface area contributed by atoms with E-state index in [1.807, 2.05) is 19.9 Å². The van der Waals surface area contributed by atoms with Gasteiger partial charge in [0.1, 0.15) is 5.82 Å². The van der Waals surface area contributed by atoms with E-state index in [1.165, 1.54) is 27.6 Å². The fourth-order valence-electron chi connectivity index (χ4n) is 3.82. The summed E-state index contributed by atoms with van der Waals surface area (Å²) in [5.74, 6) is -1.02. The Kier molecular flexibility index (Phi) is 6.93. The molecule has 1 saturated heterocycles. The number of hydrogen-bond acceptors (Lipinski definition) is 3. The number of halogens is 1. The molecule has 0 bridgehead atoms. The van der Waals surface area contributed by atoms with E-state index >= 15 is 0 Å². The number of carbonyl (C=O) groups excluding carboxylic acids is 1. The molecule has 2 atom stereocenters. The molecule has 0 spiro atoms. The highest BCUT2D eigenvalue weighted by Crippen LogP contribution is 2.26. The predicted molar refractivity (Wildman–Crippen MR) is 115 cm³/mol. The van der Waals surface area contributed by atoms with Gasteiger partial charge in [-0.3, -0.25) is 4.79 Å². The molecule has 30 heavy (non-hydrogen) atoms. The fourth-order valence-corrected chi connectivity index (χ4v) is 5.35. The zero-order valence-electron chi connectivity index (χ0n) is 17.7. The summed E-state index contributed by atoms with van der Waals surface area (Å²) in [5, 5.41) is 3.11. The first-order valence-electron chi connectivity index (χ1n) is 10.4. The van der Waals surface area contributed by atoms with E-state index in [4.69, 9.17) is 0 Å². The molecule has 2 aromatic rings. The number of hydrogen-bond donors (Lipinski definition) is 1. The first-order valence-corrected chi connectivity index (χ1v) is 11.8. The lowest BCUT2D eigenvalue weighted by Crippen LogP contribution is -2.46. The lowest BCUT2D eigenvalue weighted by molar-refractivity contribution is -0.126. The molecule has 1 amide bonds. The Balaban J connectivity index is 1.71. The van der Waals surface area contributed by atoms with Crippen molar-refractivity contribution >= 4 is 15.9 Å². The lowest BCUT2D eigenvalue weighted by atomic mass is 9.96. The normalized spacial score (nSPS) is 18.7. The van der Waals surface area contributed by atoms with Gasteiger partial charge in [-0.05, 0) is 74.1 Å². The van der Waals surface area contributed by atoms with Crippen LogP contribution in [-0.4, -0.2) is 31.7 Å². The predicted octanol–water partition coefficient (Wildman–Crippen LogP) is 4.11. The van der Waals surface area contributed by atoms with Crippen LogP contribution in [0.15, 0.2) is 47.4 Å². The molecular weight excluding hydrogens is 403 g/mol. The summed E-state index contributed by atoms with van der Waals surface area (Å²) in [5.41, 5.74) is 3.43. The maximum absolute atomic E-state index is 13.2. The average molecular weight is 433 g/mol. The van der Waals surface area contributed by atoms with Gasteiger partial charge in [0.05, 0.1) is 16.9 Å². The quantitative estimate of drug-likeness (QED) is 0.747. The summed E-state index contributed by atoms with van der Waals surface area (Å²) in [7, 11) is -3.76. The number of sulfonamides is 1. The van der Waals surface area contributed by atoms with Crippen LogP contribution in [0.2, 0.25) is 0 Å². The van der Waals surface area contributed by atoms with Crippen LogP contribution in [0.25, 0.3) is 0 Å². The van der Waals surface area contributed by atoms with Crippen molar-refractivity contribution in [3.05, 3.63) is 65.0 Å². The van der Waals surface area contributed by atoms with Gasteiger partial charge in [0.15, 0.2) is 0 Å². The summed E-state index contributed by atoms with van der Waals surface area (Å²) < 4.78 is 40.3. The Morgan fingerprint density at radius 1 is 1.17 bits per heavy atom. The molecule has 2 aromatic carbocycles. The first kappa shape index (κ1) is 22.4. The summed E-state index contributed by atoms with van der Waals surface area (Å²) in [6.07, 6.45) is 2.00. The minimum absolute atomic E-state index is 0.0477. The molecular formula is C23H29FN2O3S. The fraction of sp³-hybridized carbons (Fsp3) is 0.435. The second-order valence-corrected chi connectivity index (χ2v) is 9.91. The Hall–Kier alpha value is -2.25. The number of rotatable bonds is 6. The lowest BCUT2D eigenvalue weighted by Gasteiger charge is -2.32. The van der Waals surface area contributed by atoms with E-state index in [9.17, 15) is 17.6 Å². The van der Waals surface area contributed by atoms with E-state index in [0.717, 1.165) is 24.1 Å². The van der Waals surface area contributed by atoms with Gasteiger partial charge in [0.2, 0.25) is 15.9 Å². The third-order valence-corrected chi connectivity index (χ3v) is 7.74. The smallest absolute Gasteiger partial charge is 0.243 e. The second kappa shape index (κ2) is 9.27. The first-order chi connectivity index (χ1) is 14.2. The van der Waals surface area contributed by atoms with Crippen LogP contribution in [0, 0.1) is 25.6 Å². The Morgan fingerprint density at radius 3 is 2.50 bits per heavy atom. The van der Waals surface area contributed by atoms with Gasteiger partial charge >= 0.3 is 0 Å². The monoisotopic (exact) mass is 432 g/mol. The highest BCUT2D eigenvalue weighted by atomic mass is 32.2. The van der Waals surface area contributed by atoms with Gasteiger partial charge in [-0.2, -0.15) is 4.31 Å². The van der Waals surface area contributed by atoms with E-state index in [0.29, 0.717) is 19.4 Å². The number of benzene rings is 2. The summed E-state index contributed by atoms with van der Waals surface area (Å²) >= 11 is 0. The van der Waals surface area contributed by atoms with Gasteiger partial charge < -0.3 is 5.32 Å². The number of nitrogens with zero attached hydrogens (tertiary/aromatic N) is 1. The molecule has 5 nitrogen and oxygen atoms in total. The van der Waals surface area contributed by atoms with Crippen LogP contribution in [0.4, 0.5) is 4.39 Å². The van der Waals surface area contributed by atoms with Crippen molar-refractivity contribution in [3.63, 3.8) is 0 Å². The molecule has 162 valence electrons. The molecule has 1 fully saturated rings. The number of piperidine rings is 1. The largest absolute Gasteiger partial charge is 0.349 e. The van der Waals surface area contributed by atoms with Crippen molar-refractivity contribution in [2.75, 3.05) is 13.1 Å². The van der Waals surface area contributed by atoms with Crippen LogP contribution in [0.5, 0.6) is 0 Å². The van der Waals surface area contributed by atoms with Gasteiger partial charge in [-0.15, -0.1) is 0 Å². The van der Waals surface area contributed by atoms with Crippen molar-refractivity contribution < 1.29 is 17.6 Å². The SMILES string of the molecule is CCC(NC(=O)C1CCCN(S(=O)(=O)c2ccc(F)cc2)C1)c1ccc(C)c(C)c1. The third-order valence-electron chi connectivity index (χ3n) is 5.86. The summed E-state index contributed by atoms with van der Waals surface area (Å²) in [6, 6.07) is 10.9. The van der Waals surface area contributed by atoms with Crippen molar-refractivity contribution in [2.45, 2.75) is 51.0 Å². The molecule has 0 aromatic heterocycles. The molecule has 2 unspecified atom stereocenters.